The summed E-state index contributed by atoms with van der Waals surface area (Å²) in [6, 6.07) is 0. The summed E-state index contributed by atoms with van der Waals surface area (Å²) in [5.74, 6) is -3.02. The van der Waals surface area contributed by atoms with E-state index in [0.29, 0.717) is 32.1 Å². The van der Waals surface area contributed by atoms with Gasteiger partial charge in [-0.15, -0.1) is 4.37 Å². The second-order valence-electron chi connectivity index (χ2n) is 10.6. The summed E-state index contributed by atoms with van der Waals surface area (Å²) >= 11 is 0.974. The number of nitrogens with zero attached hydrogens (tertiary/aromatic N) is 4. The fourth-order valence-electron chi connectivity index (χ4n) is 3.80. The van der Waals surface area contributed by atoms with Crippen LogP contribution < -0.4 is 9.64 Å². The Bertz CT molecular complexity index is 1100. The van der Waals surface area contributed by atoms with Crippen molar-refractivity contribution in [1.82, 2.24) is 13.6 Å². The van der Waals surface area contributed by atoms with Crippen molar-refractivity contribution in [3.63, 3.8) is 0 Å². The predicted molar refractivity (Wildman–Crippen MR) is 148 cm³/mol. The van der Waals surface area contributed by atoms with Crippen molar-refractivity contribution < 1.29 is 52.4 Å². The smallest absolute Gasteiger partial charge is 0.347 e. The topological polar surface area (TPSA) is 173 Å². The lowest BCUT2D eigenvalue weighted by atomic mass is 10.1. The van der Waals surface area contributed by atoms with E-state index in [2.05, 4.69) is 8.75 Å². The van der Waals surface area contributed by atoms with Gasteiger partial charge < -0.3 is 38.2 Å². The van der Waals surface area contributed by atoms with Crippen molar-refractivity contribution in [2.24, 2.45) is 0 Å². The van der Waals surface area contributed by atoms with Crippen LogP contribution in [-0.4, -0.2) is 113 Å². The molecule has 236 valence electrons. The number of morpholine rings is 1. The number of anilines is 1. The van der Waals surface area contributed by atoms with Gasteiger partial charge in [0.05, 0.1) is 31.5 Å². The van der Waals surface area contributed by atoms with Crippen LogP contribution in [0.15, 0.2) is 0 Å². The molecule has 0 aliphatic carbocycles. The number of amides is 1. The standard InChI is InChI=1S/C26H40N4O11S/c1-15(38-19(5)32)23(33)39-16(2)24(34)40-17(3)25(35)41-20(13-30(18(4)31)26(6,7)8)14-37-22-21(27-42-28-22)29-9-11-36-12-10-29/h15-17,20H,9-14H2,1-8H3/t15-,16-,17-,20+/m1/s1. The highest BCUT2D eigenvalue weighted by Gasteiger charge is 2.33. The average Bonchev–Trinajstić information content (AvgIpc) is 3.37. The maximum absolute atomic E-state index is 13.0. The molecule has 0 N–H and O–H groups in total. The van der Waals surface area contributed by atoms with E-state index in [0.717, 1.165) is 18.7 Å². The van der Waals surface area contributed by atoms with E-state index in [-0.39, 0.29) is 24.9 Å². The summed E-state index contributed by atoms with van der Waals surface area (Å²) in [5.41, 5.74) is -0.599. The van der Waals surface area contributed by atoms with Gasteiger partial charge in [0.1, 0.15) is 6.61 Å². The molecule has 0 radical (unpaired) electrons. The number of aromatic nitrogens is 2. The molecule has 2 rings (SSSR count). The Morgan fingerprint density at radius 3 is 1.90 bits per heavy atom. The molecular weight excluding hydrogens is 576 g/mol. The Morgan fingerprint density at radius 1 is 0.881 bits per heavy atom. The maximum Gasteiger partial charge on any atom is 0.347 e. The van der Waals surface area contributed by atoms with E-state index in [1.165, 1.54) is 32.6 Å². The molecule has 42 heavy (non-hydrogen) atoms. The van der Waals surface area contributed by atoms with Crippen LogP contribution in [0.5, 0.6) is 5.88 Å². The lowest BCUT2D eigenvalue weighted by molar-refractivity contribution is -0.183. The van der Waals surface area contributed by atoms with Crippen molar-refractivity contribution in [3.8, 4) is 5.88 Å². The Morgan fingerprint density at radius 2 is 1.40 bits per heavy atom. The van der Waals surface area contributed by atoms with E-state index in [1.54, 1.807) is 0 Å². The molecule has 16 heteroatoms. The van der Waals surface area contributed by atoms with Crippen LogP contribution in [0.25, 0.3) is 0 Å². The average molecular weight is 617 g/mol. The van der Waals surface area contributed by atoms with Crippen LogP contribution >= 0.6 is 11.7 Å². The van der Waals surface area contributed by atoms with Crippen molar-refractivity contribution in [1.29, 1.82) is 0 Å². The van der Waals surface area contributed by atoms with Crippen LogP contribution in [0.2, 0.25) is 0 Å². The number of hydrogen-bond acceptors (Lipinski definition) is 15. The van der Waals surface area contributed by atoms with E-state index >= 15 is 0 Å². The fourth-order valence-corrected chi connectivity index (χ4v) is 4.32. The number of carbonyl (C=O) groups is 5. The zero-order chi connectivity index (χ0) is 31.6. The largest absolute Gasteiger partial charge is 0.470 e. The van der Waals surface area contributed by atoms with Gasteiger partial charge in [-0.1, -0.05) is 0 Å². The first-order valence-electron chi connectivity index (χ1n) is 13.4. The lowest BCUT2D eigenvalue weighted by Gasteiger charge is -2.37. The molecule has 1 aliphatic heterocycles. The Kier molecular flexibility index (Phi) is 12.9. The molecule has 2 heterocycles. The molecule has 15 nitrogen and oxygen atoms in total. The van der Waals surface area contributed by atoms with Crippen LogP contribution in [0.4, 0.5) is 5.82 Å². The lowest BCUT2D eigenvalue weighted by Crippen LogP contribution is -2.50. The molecule has 0 saturated carbocycles. The minimum atomic E-state index is -1.39. The number of carbonyl (C=O) groups excluding carboxylic acids is 5. The number of ether oxygens (including phenoxy) is 6. The minimum absolute atomic E-state index is 0.0161. The quantitative estimate of drug-likeness (QED) is 0.228. The van der Waals surface area contributed by atoms with E-state index in [4.69, 9.17) is 28.4 Å². The van der Waals surface area contributed by atoms with E-state index < -0.39 is 53.8 Å². The fraction of sp³-hybridized carbons (Fsp3) is 0.731. The van der Waals surface area contributed by atoms with Crippen molar-refractivity contribution in [2.75, 3.05) is 44.4 Å². The third kappa shape index (κ3) is 10.7. The molecule has 0 bridgehead atoms. The number of esters is 4. The number of hydrogen-bond donors (Lipinski definition) is 0. The highest BCUT2D eigenvalue weighted by molar-refractivity contribution is 6.99. The Labute approximate surface area is 249 Å². The molecule has 1 amide bonds. The first-order chi connectivity index (χ1) is 19.6. The third-order valence-electron chi connectivity index (χ3n) is 5.94. The van der Waals surface area contributed by atoms with Crippen molar-refractivity contribution >= 4 is 47.3 Å². The summed E-state index contributed by atoms with van der Waals surface area (Å²) in [4.78, 5) is 64.4. The van der Waals surface area contributed by atoms with E-state index in [1.807, 2.05) is 25.7 Å². The highest BCUT2D eigenvalue weighted by Crippen LogP contribution is 2.27. The first-order valence-corrected chi connectivity index (χ1v) is 14.2. The van der Waals surface area contributed by atoms with Crippen molar-refractivity contribution in [2.45, 2.75) is 85.3 Å². The summed E-state index contributed by atoms with van der Waals surface area (Å²) < 4.78 is 40.3. The minimum Gasteiger partial charge on any atom is -0.470 e. The van der Waals surface area contributed by atoms with Gasteiger partial charge in [0, 0.05) is 32.5 Å². The molecule has 1 aliphatic rings. The molecule has 0 spiro atoms. The second kappa shape index (κ2) is 15.6. The molecule has 1 saturated heterocycles. The van der Waals surface area contributed by atoms with Crippen LogP contribution in [-0.2, 0) is 47.7 Å². The molecule has 0 aromatic carbocycles. The molecule has 4 atom stereocenters. The normalized spacial score (nSPS) is 16.3. The summed E-state index contributed by atoms with van der Waals surface area (Å²) in [6.45, 7) is 14.0. The zero-order valence-corrected chi connectivity index (χ0v) is 26.1. The van der Waals surface area contributed by atoms with Gasteiger partial charge in [-0.25, -0.2) is 14.4 Å². The summed E-state index contributed by atoms with van der Waals surface area (Å²) in [5, 5.41) is 0. The summed E-state index contributed by atoms with van der Waals surface area (Å²) in [6.07, 6.45) is -4.99. The Hall–Kier alpha value is -3.53. The molecule has 1 fully saturated rings. The van der Waals surface area contributed by atoms with E-state index in [9.17, 15) is 24.0 Å². The molecular formula is C26H40N4O11S. The third-order valence-corrected chi connectivity index (χ3v) is 6.44. The SMILES string of the molecule is CC(=O)O[C@H](C)C(=O)O[C@H](C)C(=O)O[C@H](C)C(=O)O[C@H](COc1nsnc1N1CCOCC1)CN(C(C)=O)C(C)(C)C. The van der Waals surface area contributed by atoms with Gasteiger partial charge in [-0.05, 0) is 41.5 Å². The zero-order valence-electron chi connectivity index (χ0n) is 25.2. The highest BCUT2D eigenvalue weighted by atomic mass is 32.1. The van der Waals surface area contributed by atoms with Gasteiger partial charge in [-0.3, -0.25) is 9.59 Å². The maximum atomic E-state index is 13.0. The predicted octanol–water partition coefficient (Wildman–Crippen LogP) is 1.13. The van der Waals surface area contributed by atoms with Gasteiger partial charge >= 0.3 is 23.9 Å². The van der Waals surface area contributed by atoms with Gasteiger partial charge in [0.25, 0.3) is 5.88 Å². The monoisotopic (exact) mass is 616 g/mol. The molecule has 1 aromatic heterocycles. The van der Waals surface area contributed by atoms with Gasteiger partial charge in [-0.2, -0.15) is 4.37 Å². The molecule has 0 unspecified atom stereocenters. The van der Waals surface area contributed by atoms with Crippen LogP contribution in [0.3, 0.4) is 0 Å². The van der Waals surface area contributed by atoms with Crippen LogP contribution in [0, 0.1) is 0 Å². The summed E-state index contributed by atoms with van der Waals surface area (Å²) in [7, 11) is 0. The Balaban J connectivity index is 2.08. The number of rotatable bonds is 13. The van der Waals surface area contributed by atoms with Crippen LogP contribution in [0.1, 0.15) is 55.4 Å². The molecule has 1 aromatic rings. The van der Waals surface area contributed by atoms with Gasteiger partial charge in [0.15, 0.2) is 24.4 Å². The van der Waals surface area contributed by atoms with Gasteiger partial charge in [0.2, 0.25) is 11.7 Å². The van der Waals surface area contributed by atoms with Crippen molar-refractivity contribution in [3.05, 3.63) is 0 Å². The first kappa shape index (κ1) is 34.7. The second-order valence-corrected chi connectivity index (χ2v) is 11.1.